The molecule has 4 heterocycles. The number of carbonyl (C=O) groups is 2. The van der Waals surface area contributed by atoms with Gasteiger partial charge in [-0.25, -0.2) is 9.80 Å². The van der Waals surface area contributed by atoms with Crippen LogP contribution in [0.5, 0.6) is 0 Å². The van der Waals surface area contributed by atoms with E-state index in [2.05, 4.69) is 5.10 Å². The van der Waals surface area contributed by atoms with Crippen molar-refractivity contribution in [3.63, 3.8) is 0 Å². The van der Waals surface area contributed by atoms with Crippen molar-refractivity contribution < 1.29 is 28.1 Å². The van der Waals surface area contributed by atoms with Gasteiger partial charge in [0.1, 0.15) is 23.3 Å². The molecule has 2 aliphatic rings. The summed E-state index contributed by atoms with van der Waals surface area (Å²) in [7, 11) is 0. The second-order valence-electron chi connectivity index (χ2n) is 8.58. The SMILES string of the molecule is O=C(OCC(=O)N1N=C(c2ccco2)CC1c1ccco1)c1cc([N+](=O)[O-])ccc1N1CCCCC1. The topological polar surface area (TPSA) is 132 Å². The van der Waals surface area contributed by atoms with Crippen LogP contribution in [-0.4, -0.2) is 47.2 Å². The molecule has 0 bridgehead atoms. The second-order valence-corrected chi connectivity index (χ2v) is 8.58. The summed E-state index contributed by atoms with van der Waals surface area (Å²) in [5.74, 6) is -0.305. The van der Waals surface area contributed by atoms with E-state index < -0.39 is 29.4 Å². The number of benzene rings is 1. The number of furan rings is 2. The molecule has 0 N–H and O–H groups in total. The van der Waals surface area contributed by atoms with Crippen LogP contribution in [0.2, 0.25) is 0 Å². The molecule has 11 nitrogen and oxygen atoms in total. The van der Waals surface area contributed by atoms with Gasteiger partial charge in [-0.3, -0.25) is 14.9 Å². The van der Waals surface area contributed by atoms with Crippen molar-refractivity contribution in [3.8, 4) is 0 Å². The fourth-order valence-corrected chi connectivity index (χ4v) is 4.52. The van der Waals surface area contributed by atoms with Crippen LogP contribution in [-0.2, 0) is 9.53 Å². The smallest absolute Gasteiger partial charge is 0.341 e. The lowest BCUT2D eigenvalue weighted by atomic mass is 10.1. The Labute approximate surface area is 206 Å². The van der Waals surface area contributed by atoms with Gasteiger partial charge in [0, 0.05) is 31.6 Å². The van der Waals surface area contributed by atoms with Crippen LogP contribution in [0.25, 0.3) is 0 Å². The lowest BCUT2D eigenvalue weighted by molar-refractivity contribution is -0.384. The highest BCUT2D eigenvalue weighted by atomic mass is 16.6. The Balaban J connectivity index is 1.35. The summed E-state index contributed by atoms with van der Waals surface area (Å²) in [6, 6.07) is 10.5. The van der Waals surface area contributed by atoms with E-state index in [1.807, 2.05) is 4.90 Å². The molecule has 36 heavy (non-hydrogen) atoms. The Morgan fingerprint density at radius 3 is 2.56 bits per heavy atom. The molecule has 2 aromatic heterocycles. The molecule has 0 aliphatic carbocycles. The van der Waals surface area contributed by atoms with Gasteiger partial charge in [0.25, 0.3) is 11.6 Å². The molecule has 1 atom stereocenters. The van der Waals surface area contributed by atoms with Crippen LogP contribution < -0.4 is 4.90 Å². The number of hydrogen-bond donors (Lipinski definition) is 0. The Morgan fingerprint density at radius 2 is 1.86 bits per heavy atom. The maximum absolute atomic E-state index is 13.1. The van der Waals surface area contributed by atoms with Gasteiger partial charge in [-0.2, -0.15) is 5.10 Å². The largest absolute Gasteiger partial charge is 0.467 e. The number of nitro benzene ring substituents is 1. The first kappa shape index (κ1) is 23.3. The first-order chi connectivity index (χ1) is 17.5. The van der Waals surface area contributed by atoms with Gasteiger partial charge in [-0.1, -0.05) is 0 Å². The number of nitro groups is 1. The van der Waals surface area contributed by atoms with E-state index in [1.165, 1.54) is 29.7 Å². The number of ether oxygens (including phenoxy) is 1. The highest BCUT2D eigenvalue weighted by Gasteiger charge is 2.36. The summed E-state index contributed by atoms with van der Waals surface area (Å²) in [4.78, 5) is 38.9. The molecule has 0 radical (unpaired) electrons. The number of esters is 1. The normalized spacial score (nSPS) is 17.7. The first-order valence-corrected chi connectivity index (χ1v) is 11.7. The lowest BCUT2D eigenvalue weighted by Crippen LogP contribution is -2.32. The van der Waals surface area contributed by atoms with Gasteiger partial charge in [-0.05, 0) is 49.6 Å². The fourth-order valence-electron chi connectivity index (χ4n) is 4.52. The summed E-state index contributed by atoms with van der Waals surface area (Å²) in [6.07, 6.45) is 6.40. The maximum Gasteiger partial charge on any atom is 0.341 e. The number of piperidine rings is 1. The molecule has 3 aromatic rings. The van der Waals surface area contributed by atoms with E-state index in [4.69, 9.17) is 13.6 Å². The van der Waals surface area contributed by atoms with Gasteiger partial charge in [0.05, 0.1) is 28.7 Å². The Kier molecular flexibility index (Phi) is 6.52. The van der Waals surface area contributed by atoms with Crippen molar-refractivity contribution in [2.75, 3.05) is 24.6 Å². The van der Waals surface area contributed by atoms with Crippen LogP contribution in [0.4, 0.5) is 11.4 Å². The number of non-ortho nitro benzene ring substituents is 1. The number of hydrazone groups is 1. The van der Waals surface area contributed by atoms with E-state index in [-0.39, 0.29) is 11.3 Å². The molecule has 1 saturated heterocycles. The monoisotopic (exact) mass is 492 g/mol. The van der Waals surface area contributed by atoms with E-state index in [9.17, 15) is 19.7 Å². The first-order valence-electron chi connectivity index (χ1n) is 11.7. The standard InChI is InChI=1S/C25H24N4O7/c30-24(28-21(23-7-5-13-35-23)15-19(26-28)22-6-4-12-34-22)16-36-25(31)18-14-17(29(32)33)8-9-20(18)27-10-2-1-3-11-27/h4-9,12-14,21H,1-3,10-11,15-16H2. The molecule has 0 spiro atoms. The molecule has 186 valence electrons. The third-order valence-corrected chi connectivity index (χ3v) is 6.28. The molecule has 1 unspecified atom stereocenters. The van der Waals surface area contributed by atoms with Gasteiger partial charge in [0.15, 0.2) is 6.61 Å². The molecule has 1 amide bonds. The van der Waals surface area contributed by atoms with E-state index in [1.54, 1.807) is 30.3 Å². The van der Waals surface area contributed by atoms with Crippen molar-refractivity contribution in [2.45, 2.75) is 31.7 Å². The molecular weight excluding hydrogens is 468 g/mol. The van der Waals surface area contributed by atoms with Crippen molar-refractivity contribution in [1.29, 1.82) is 0 Å². The number of nitrogens with zero attached hydrogens (tertiary/aromatic N) is 4. The van der Waals surface area contributed by atoms with Crippen LogP contribution in [0.15, 0.2) is 68.9 Å². The van der Waals surface area contributed by atoms with Crippen molar-refractivity contribution in [2.24, 2.45) is 5.10 Å². The number of carbonyl (C=O) groups excluding carboxylic acids is 2. The molecular formula is C25H24N4O7. The average molecular weight is 492 g/mol. The summed E-state index contributed by atoms with van der Waals surface area (Å²) in [5.41, 5.74) is 0.958. The van der Waals surface area contributed by atoms with Crippen LogP contribution in [0.1, 0.15) is 53.6 Å². The number of rotatable bonds is 7. The Morgan fingerprint density at radius 1 is 1.08 bits per heavy atom. The van der Waals surface area contributed by atoms with Crippen molar-refractivity contribution >= 4 is 29.0 Å². The van der Waals surface area contributed by atoms with Crippen LogP contribution >= 0.6 is 0 Å². The fraction of sp³-hybridized carbons (Fsp3) is 0.320. The predicted octanol–water partition coefficient (Wildman–Crippen LogP) is 4.31. The lowest BCUT2D eigenvalue weighted by Gasteiger charge is -2.30. The minimum atomic E-state index is -0.809. The number of hydrogen-bond acceptors (Lipinski definition) is 9. The summed E-state index contributed by atoms with van der Waals surface area (Å²) < 4.78 is 16.3. The third-order valence-electron chi connectivity index (χ3n) is 6.28. The molecule has 5 rings (SSSR count). The zero-order chi connectivity index (χ0) is 25.1. The van der Waals surface area contributed by atoms with E-state index in [0.717, 1.165) is 32.4 Å². The maximum atomic E-state index is 13.1. The quantitative estimate of drug-likeness (QED) is 0.271. The minimum Gasteiger partial charge on any atom is -0.467 e. The summed E-state index contributed by atoms with van der Waals surface area (Å²) >= 11 is 0. The Bertz CT molecular complexity index is 1280. The zero-order valence-electron chi connectivity index (χ0n) is 19.4. The molecule has 1 fully saturated rings. The van der Waals surface area contributed by atoms with E-state index in [0.29, 0.717) is 29.3 Å². The molecule has 2 aliphatic heterocycles. The number of anilines is 1. The summed E-state index contributed by atoms with van der Waals surface area (Å²) in [6.45, 7) is 0.882. The van der Waals surface area contributed by atoms with E-state index >= 15 is 0 Å². The van der Waals surface area contributed by atoms with Gasteiger partial charge < -0.3 is 18.5 Å². The summed E-state index contributed by atoms with van der Waals surface area (Å²) in [5, 5.41) is 17.0. The third kappa shape index (κ3) is 4.72. The highest BCUT2D eigenvalue weighted by molar-refractivity contribution is 6.01. The predicted molar refractivity (Wildman–Crippen MR) is 128 cm³/mol. The van der Waals surface area contributed by atoms with Gasteiger partial charge in [-0.15, -0.1) is 0 Å². The van der Waals surface area contributed by atoms with Crippen molar-refractivity contribution in [1.82, 2.24) is 5.01 Å². The van der Waals surface area contributed by atoms with Crippen LogP contribution in [0.3, 0.4) is 0 Å². The zero-order valence-corrected chi connectivity index (χ0v) is 19.4. The second kappa shape index (κ2) is 10.1. The van der Waals surface area contributed by atoms with Gasteiger partial charge in [0.2, 0.25) is 0 Å². The Hall–Kier alpha value is -4.41. The highest BCUT2D eigenvalue weighted by Crippen LogP contribution is 2.33. The molecule has 11 heteroatoms. The van der Waals surface area contributed by atoms with Crippen LogP contribution in [0, 0.1) is 10.1 Å². The molecule has 1 aromatic carbocycles. The van der Waals surface area contributed by atoms with Crippen molar-refractivity contribution in [3.05, 3.63) is 82.2 Å². The number of amides is 1. The molecule has 0 saturated carbocycles. The van der Waals surface area contributed by atoms with Gasteiger partial charge >= 0.3 is 5.97 Å². The average Bonchev–Trinajstić information content (AvgIpc) is 3.68. The minimum absolute atomic E-state index is 0.0580.